The first-order valence-electron chi connectivity index (χ1n) is 5.98. The first kappa shape index (κ1) is 15.9. The van der Waals surface area contributed by atoms with Gasteiger partial charge in [0.25, 0.3) is 11.8 Å². The maximum absolute atomic E-state index is 11.3. The van der Waals surface area contributed by atoms with Crippen molar-refractivity contribution in [2.24, 2.45) is 0 Å². The van der Waals surface area contributed by atoms with Gasteiger partial charge < -0.3 is 14.3 Å². The first-order valence-corrected chi connectivity index (χ1v) is 6.61. The van der Waals surface area contributed by atoms with Crippen LogP contribution in [-0.2, 0) is 28.7 Å². The second-order valence-electron chi connectivity index (χ2n) is 3.74. The van der Waals surface area contributed by atoms with Crippen molar-refractivity contribution in [3.8, 4) is 0 Å². The fourth-order valence-corrected chi connectivity index (χ4v) is 1.48. The maximum Gasteiger partial charge on any atom is 0.335 e. The fraction of sp³-hybridized carbons (Fsp3) is 0.727. The normalized spacial score (nSPS) is 15.1. The molecule has 0 aliphatic carbocycles. The molecule has 8 heteroatoms. The van der Waals surface area contributed by atoms with Crippen LogP contribution in [0.15, 0.2) is 0 Å². The number of hydrogen-bond donors (Lipinski definition) is 1. The molecule has 1 heterocycles. The van der Waals surface area contributed by atoms with Gasteiger partial charge in [-0.1, -0.05) is 0 Å². The predicted molar refractivity (Wildman–Crippen MR) is 67.3 cm³/mol. The second kappa shape index (κ2) is 8.89. The van der Waals surface area contributed by atoms with E-state index in [1.54, 1.807) is 0 Å². The van der Waals surface area contributed by atoms with Crippen LogP contribution in [0.1, 0.15) is 19.3 Å². The molecule has 2 amide bonds. The Labute approximate surface area is 116 Å². The third-order valence-corrected chi connectivity index (χ3v) is 2.44. The third kappa shape index (κ3) is 6.04. The third-order valence-electron chi connectivity index (χ3n) is 2.26. The Morgan fingerprint density at radius 3 is 2.21 bits per heavy atom. The van der Waals surface area contributed by atoms with Gasteiger partial charge in [0.05, 0.1) is 32.8 Å². The van der Waals surface area contributed by atoms with Gasteiger partial charge in [0.2, 0.25) is 0 Å². The van der Waals surface area contributed by atoms with E-state index in [2.05, 4.69) is 17.5 Å². The van der Waals surface area contributed by atoms with E-state index < -0.39 is 17.8 Å². The average Bonchev–Trinajstić information content (AvgIpc) is 2.69. The van der Waals surface area contributed by atoms with Crippen molar-refractivity contribution in [1.29, 1.82) is 0 Å². The number of carbonyl (C=O) groups excluding carboxylic acids is 3. The highest BCUT2D eigenvalue weighted by Crippen LogP contribution is 2.12. The summed E-state index contributed by atoms with van der Waals surface area (Å²) in [6.07, 6.45) is 0.153. The SMILES string of the molecule is O=C(CCOCCOCCS)ON1C(=O)CCC1=O. The van der Waals surface area contributed by atoms with Crippen molar-refractivity contribution in [2.45, 2.75) is 19.3 Å². The summed E-state index contributed by atoms with van der Waals surface area (Å²) >= 11 is 3.97. The highest BCUT2D eigenvalue weighted by atomic mass is 32.1. The Morgan fingerprint density at radius 2 is 1.63 bits per heavy atom. The van der Waals surface area contributed by atoms with Gasteiger partial charge in [-0.2, -0.15) is 12.6 Å². The number of nitrogens with zero attached hydrogens (tertiary/aromatic N) is 1. The van der Waals surface area contributed by atoms with Gasteiger partial charge in [0.1, 0.15) is 0 Å². The van der Waals surface area contributed by atoms with Gasteiger partial charge in [-0.05, 0) is 0 Å². The zero-order valence-electron chi connectivity index (χ0n) is 10.5. The Hall–Kier alpha value is -1.12. The summed E-state index contributed by atoms with van der Waals surface area (Å²) in [6.45, 7) is 1.49. The summed E-state index contributed by atoms with van der Waals surface area (Å²) in [7, 11) is 0. The molecule has 0 bridgehead atoms. The lowest BCUT2D eigenvalue weighted by molar-refractivity contribution is -0.198. The highest BCUT2D eigenvalue weighted by molar-refractivity contribution is 7.80. The van der Waals surface area contributed by atoms with Crippen LogP contribution in [0.25, 0.3) is 0 Å². The first-order chi connectivity index (χ1) is 9.15. The van der Waals surface area contributed by atoms with Gasteiger partial charge in [0.15, 0.2) is 0 Å². The molecule has 0 unspecified atom stereocenters. The van der Waals surface area contributed by atoms with Crippen LogP contribution in [0, 0.1) is 0 Å². The van der Waals surface area contributed by atoms with Crippen molar-refractivity contribution >= 4 is 30.4 Å². The fourth-order valence-electron chi connectivity index (χ4n) is 1.35. The summed E-state index contributed by atoms with van der Waals surface area (Å²) in [5, 5.41) is 0.526. The van der Waals surface area contributed by atoms with Crippen LogP contribution in [0.2, 0.25) is 0 Å². The van der Waals surface area contributed by atoms with Crippen LogP contribution in [0.5, 0.6) is 0 Å². The zero-order chi connectivity index (χ0) is 14.1. The molecule has 0 radical (unpaired) electrons. The molecule has 1 fully saturated rings. The van der Waals surface area contributed by atoms with Gasteiger partial charge >= 0.3 is 5.97 Å². The summed E-state index contributed by atoms with van der Waals surface area (Å²) in [5.74, 6) is -0.997. The molecule has 108 valence electrons. The number of imide groups is 1. The van der Waals surface area contributed by atoms with Crippen LogP contribution >= 0.6 is 12.6 Å². The number of carbonyl (C=O) groups is 3. The summed E-state index contributed by atoms with van der Waals surface area (Å²) in [6, 6.07) is 0. The molecule has 1 rings (SSSR count). The van der Waals surface area contributed by atoms with Crippen molar-refractivity contribution in [3.05, 3.63) is 0 Å². The summed E-state index contributed by atoms with van der Waals surface area (Å²) in [5.41, 5.74) is 0. The van der Waals surface area contributed by atoms with E-state index >= 15 is 0 Å². The van der Waals surface area contributed by atoms with E-state index in [-0.39, 0.29) is 25.9 Å². The number of thiol groups is 1. The molecule has 1 saturated heterocycles. The number of rotatable bonds is 9. The predicted octanol–water partition coefficient (Wildman–Crippen LogP) is -0.0533. The zero-order valence-corrected chi connectivity index (χ0v) is 11.4. The molecule has 0 atom stereocenters. The molecule has 0 saturated carbocycles. The minimum atomic E-state index is -0.667. The Morgan fingerprint density at radius 1 is 1.05 bits per heavy atom. The van der Waals surface area contributed by atoms with Crippen molar-refractivity contribution in [2.75, 3.05) is 32.2 Å². The van der Waals surface area contributed by atoms with E-state index in [9.17, 15) is 14.4 Å². The molecular formula is C11H17NO6S. The number of ether oxygens (including phenoxy) is 2. The van der Waals surface area contributed by atoms with E-state index in [0.717, 1.165) is 0 Å². The van der Waals surface area contributed by atoms with Gasteiger partial charge in [0, 0.05) is 18.6 Å². The van der Waals surface area contributed by atoms with Crippen molar-refractivity contribution in [3.63, 3.8) is 0 Å². The van der Waals surface area contributed by atoms with Crippen LogP contribution in [0.3, 0.4) is 0 Å². The molecular weight excluding hydrogens is 274 g/mol. The lowest BCUT2D eigenvalue weighted by Gasteiger charge is -2.12. The lowest BCUT2D eigenvalue weighted by Crippen LogP contribution is -2.32. The minimum Gasteiger partial charge on any atom is -0.378 e. The molecule has 0 aromatic rings. The number of hydroxylamine groups is 2. The van der Waals surface area contributed by atoms with Crippen LogP contribution in [0.4, 0.5) is 0 Å². The maximum atomic E-state index is 11.3. The molecule has 0 N–H and O–H groups in total. The van der Waals surface area contributed by atoms with Crippen LogP contribution in [-0.4, -0.2) is 55.0 Å². The summed E-state index contributed by atoms with van der Waals surface area (Å²) in [4.78, 5) is 38.3. The van der Waals surface area contributed by atoms with E-state index in [1.165, 1.54) is 0 Å². The summed E-state index contributed by atoms with van der Waals surface area (Å²) < 4.78 is 10.2. The minimum absolute atomic E-state index is 0.0242. The van der Waals surface area contributed by atoms with E-state index in [1.807, 2.05) is 0 Å². The standard InChI is InChI=1S/C11H17NO6S/c13-9-1-2-10(14)12(9)18-11(15)3-4-16-5-6-17-7-8-19/h19H,1-8H2. The average molecular weight is 291 g/mol. The largest absolute Gasteiger partial charge is 0.378 e. The molecule has 19 heavy (non-hydrogen) atoms. The Balaban J connectivity index is 2.05. The molecule has 0 aromatic carbocycles. The van der Waals surface area contributed by atoms with Crippen molar-refractivity contribution < 1.29 is 28.7 Å². The molecule has 0 spiro atoms. The van der Waals surface area contributed by atoms with E-state index in [0.29, 0.717) is 30.6 Å². The van der Waals surface area contributed by atoms with Gasteiger partial charge in [-0.15, -0.1) is 5.06 Å². The monoisotopic (exact) mass is 291 g/mol. The Kier molecular flexibility index (Phi) is 7.46. The molecule has 7 nitrogen and oxygen atoms in total. The van der Waals surface area contributed by atoms with Crippen molar-refractivity contribution in [1.82, 2.24) is 5.06 Å². The highest BCUT2D eigenvalue weighted by Gasteiger charge is 2.32. The lowest BCUT2D eigenvalue weighted by atomic mass is 10.4. The van der Waals surface area contributed by atoms with Gasteiger partial charge in [-0.25, -0.2) is 4.79 Å². The molecule has 0 aromatic heterocycles. The van der Waals surface area contributed by atoms with Crippen LogP contribution < -0.4 is 0 Å². The second-order valence-corrected chi connectivity index (χ2v) is 4.19. The van der Waals surface area contributed by atoms with Gasteiger partial charge in [-0.3, -0.25) is 9.59 Å². The number of amides is 2. The quantitative estimate of drug-likeness (QED) is 0.364. The smallest absolute Gasteiger partial charge is 0.335 e. The number of hydrogen-bond acceptors (Lipinski definition) is 7. The Bertz CT molecular complexity index is 319. The van der Waals surface area contributed by atoms with E-state index in [4.69, 9.17) is 9.47 Å². The topological polar surface area (TPSA) is 82.1 Å². The molecule has 1 aliphatic heterocycles. The molecule has 1 aliphatic rings.